The maximum absolute atomic E-state index is 12.7. The zero-order valence-corrected chi connectivity index (χ0v) is 16.9. The third kappa shape index (κ3) is 4.30. The summed E-state index contributed by atoms with van der Waals surface area (Å²) in [7, 11) is -1.80. The third-order valence-electron chi connectivity index (χ3n) is 4.02. The fourth-order valence-corrected chi connectivity index (χ4v) is 5.51. The van der Waals surface area contributed by atoms with Gasteiger partial charge < -0.3 is 4.74 Å². The number of hydrogen-bond acceptors (Lipinski definition) is 7. The van der Waals surface area contributed by atoms with Gasteiger partial charge in [-0.15, -0.1) is 5.10 Å². The van der Waals surface area contributed by atoms with Crippen molar-refractivity contribution >= 4 is 21.6 Å². The number of hydrogen-bond donors (Lipinski definition) is 0. The van der Waals surface area contributed by atoms with E-state index < -0.39 is 9.84 Å². The lowest BCUT2D eigenvalue weighted by molar-refractivity contribution is 0.410. The molecule has 0 spiro atoms. The normalized spacial score (nSPS) is 11.5. The number of para-hydroxylation sites is 2. The SMILES string of the molecule is COc1ccccc1-n1nnnc1SCCS(=O)(=O)c1cc(C)ccc1C. The Labute approximate surface area is 162 Å². The van der Waals surface area contributed by atoms with Crippen molar-refractivity contribution in [1.82, 2.24) is 20.2 Å². The number of methoxy groups -OCH3 is 1. The number of ether oxygens (including phenoxy) is 1. The van der Waals surface area contributed by atoms with Gasteiger partial charge in [-0.2, -0.15) is 4.68 Å². The van der Waals surface area contributed by atoms with Crippen molar-refractivity contribution in [3.8, 4) is 11.4 Å². The predicted molar refractivity (Wildman–Crippen MR) is 104 cm³/mol. The van der Waals surface area contributed by atoms with Crippen LogP contribution in [0.1, 0.15) is 11.1 Å². The van der Waals surface area contributed by atoms with E-state index in [0.717, 1.165) is 11.1 Å². The lowest BCUT2D eigenvalue weighted by Gasteiger charge is -2.10. The second kappa shape index (κ2) is 8.10. The first-order chi connectivity index (χ1) is 12.9. The Bertz CT molecular complexity index is 1050. The van der Waals surface area contributed by atoms with Crippen LogP contribution >= 0.6 is 11.8 Å². The Balaban J connectivity index is 1.75. The molecule has 142 valence electrons. The zero-order chi connectivity index (χ0) is 19.4. The van der Waals surface area contributed by atoms with Crippen molar-refractivity contribution in [2.24, 2.45) is 0 Å². The molecular weight excluding hydrogens is 384 g/mol. The van der Waals surface area contributed by atoms with Crippen molar-refractivity contribution in [2.75, 3.05) is 18.6 Å². The van der Waals surface area contributed by atoms with Gasteiger partial charge in [-0.05, 0) is 53.6 Å². The highest BCUT2D eigenvalue weighted by Gasteiger charge is 2.19. The summed E-state index contributed by atoms with van der Waals surface area (Å²) in [6.45, 7) is 3.69. The van der Waals surface area contributed by atoms with E-state index in [1.54, 1.807) is 17.9 Å². The van der Waals surface area contributed by atoms with Crippen LogP contribution in [0.15, 0.2) is 52.5 Å². The van der Waals surface area contributed by atoms with Gasteiger partial charge in [0.2, 0.25) is 5.16 Å². The molecule has 7 nitrogen and oxygen atoms in total. The van der Waals surface area contributed by atoms with Crippen LogP contribution < -0.4 is 4.74 Å². The molecule has 1 heterocycles. The molecule has 3 aromatic rings. The van der Waals surface area contributed by atoms with Crippen LogP contribution in [0, 0.1) is 13.8 Å². The molecule has 1 aromatic heterocycles. The van der Waals surface area contributed by atoms with Gasteiger partial charge in [0.1, 0.15) is 11.4 Å². The summed E-state index contributed by atoms with van der Waals surface area (Å²) in [5.41, 5.74) is 2.38. The number of nitrogens with zero attached hydrogens (tertiary/aromatic N) is 4. The average Bonchev–Trinajstić information content (AvgIpc) is 3.11. The summed E-state index contributed by atoms with van der Waals surface area (Å²) in [5.74, 6) is 0.973. The van der Waals surface area contributed by atoms with E-state index in [0.29, 0.717) is 27.2 Å². The van der Waals surface area contributed by atoms with Gasteiger partial charge in [0, 0.05) is 5.75 Å². The van der Waals surface area contributed by atoms with Crippen LogP contribution in [0.3, 0.4) is 0 Å². The van der Waals surface area contributed by atoms with Gasteiger partial charge in [0.15, 0.2) is 9.84 Å². The van der Waals surface area contributed by atoms with E-state index in [1.165, 1.54) is 11.8 Å². The van der Waals surface area contributed by atoms with E-state index in [1.807, 2.05) is 50.2 Å². The number of thioether (sulfide) groups is 1. The molecule has 0 aliphatic heterocycles. The van der Waals surface area contributed by atoms with Crippen LogP contribution in [0.2, 0.25) is 0 Å². The van der Waals surface area contributed by atoms with Crippen molar-refractivity contribution in [3.05, 3.63) is 53.6 Å². The molecule has 0 aliphatic rings. The molecule has 0 aliphatic carbocycles. The minimum absolute atomic E-state index is 0.000739. The van der Waals surface area contributed by atoms with Crippen molar-refractivity contribution < 1.29 is 13.2 Å². The number of aryl methyl sites for hydroxylation is 2. The fraction of sp³-hybridized carbons (Fsp3) is 0.278. The molecule has 2 aromatic carbocycles. The highest BCUT2D eigenvalue weighted by molar-refractivity contribution is 8.00. The highest BCUT2D eigenvalue weighted by atomic mass is 32.2. The molecule has 0 N–H and O–H groups in total. The Kier molecular flexibility index (Phi) is 5.81. The largest absolute Gasteiger partial charge is 0.494 e. The van der Waals surface area contributed by atoms with Gasteiger partial charge in [-0.1, -0.05) is 36.0 Å². The monoisotopic (exact) mass is 404 g/mol. The van der Waals surface area contributed by atoms with E-state index in [9.17, 15) is 8.42 Å². The molecule has 0 radical (unpaired) electrons. The van der Waals surface area contributed by atoms with E-state index in [4.69, 9.17) is 4.74 Å². The van der Waals surface area contributed by atoms with Crippen LogP contribution in [0.4, 0.5) is 0 Å². The summed E-state index contributed by atoms with van der Waals surface area (Å²) in [5, 5.41) is 12.2. The molecule has 9 heteroatoms. The third-order valence-corrected chi connectivity index (χ3v) is 7.05. The van der Waals surface area contributed by atoms with Crippen molar-refractivity contribution in [1.29, 1.82) is 0 Å². The smallest absolute Gasteiger partial charge is 0.214 e. The van der Waals surface area contributed by atoms with Crippen molar-refractivity contribution in [2.45, 2.75) is 23.9 Å². The first-order valence-electron chi connectivity index (χ1n) is 8.27. The van der Waals surface area contributed by atoms with Crippen LogP contribution in [0.5, 0.6) is 5.75 Å². The lowest BCUT2D eigenvalue weighted by atomic mass is 10.2. The topological polar surface area (TPSA) is 87.0 Å². The molecule has 0 saturated carbocycles. The zero-order valence-electron chi connectivity index (χ0n) is 15.3. The molecular formula is C18H20N4O3S2. The van der Waals surface area contributed by atoms with E-state index in [-0.39, 0.29) is 5.75 Å². The fourth-order valence-electron chi connectivity index (χ4n) is 2.62. The Morgan fingerprint density at radius 1 is 1.15 bits per heavy atom. The van der Waals surface area contributed by atoms with Crippen LogP contribution in [-0.4, -0.2) is 47.2 Å². The van der Waals surface area contributed by atoms with Gasteiger partial charge in [0.05, 0.1) is 17.8 Å². The second-order valence-corrected chi connectivity index (χ2v) is 9.12. The maximum Gasteiger partial charge on any atom is 0.214 e. The molecule has 3 rings (SSSR count). The number of rotatable bonds is 7. The standard InChI is InChI=1S/C18H20N4O3S2/c1-13-8-9-14(2)17(12-13)27(23,24)11-10-26-18-19-20-21-22(18)15-6-4-5-7-16(15)25-3/h4-9,12H,10-11H2,1-3H3. The maximum atomic E-state index is 12.7. The average molecular weight is 405 g/mol. The Hall–Kier alpha value is -2.39. The van der Waals surface area contributed by atoms with E-state index >= 15 is 0 Å². The number of benzene rings is 2. The molecule has 27 heavy (non-hydrogen) atoms. The molecule has 0 atom stereocenters. The molecule has 0 fully saturated rings. The molecule has 0 saturated heterocycles. The summed E-state index contributed by atoms with van der Waals surface area (Å²) >= 11 is 1.29. The highest BCUT2D eigenvalue weighted by Crippen LogP contribution is 2.26. The van der Waals surface area contributed by atoms with Gasteiger partial charge in [0.25, 0.3) is 0 Å². The summed E-state index contributed by atoms with van der Waals surface area (Å²) < 4.78 is 32.3. The predicted octanol–water partition coefficient (Wildman–Crippen LogP) is 2.85. The number of tetrazole rings is 1. The van der Waals surface area contributed by atoms with Crippen molar-refractivity contribution in [3.63, 3.8) is 0 Å². The molecule has 0 amide bonds. The summed E-state index contributed by atoms with van der Waals surface area (Å²) in [6.07, 6.45) is 0. The Morgan fingerprint density at radius 3 is 2.70 bits per heavy atom. The lowest BCUT2D eigenvalue weighted by Crippen LogP contribution is -2.11. The second-order valence-electron chi connectivity index (χ2n) is 5.98. The van der Waals surface area contributed by atoms with Gasteiger partial charge in [-0.3, -0.25) is 0 Å². The quantitative estimate of drug-likeness (QED) is 0.560. The van der Waals surface area contributed by atoms with Gasteiger partial charge >= 0.3 is 0 Å². The molecule has 0 unspecified atom stereocenters. The summed E-state index contributed by atoms with van der Waals surface area (Å²) in [4.78, 5) is 0.382. The van der Waals surface area contributed by atoms with Gasteiger partial charge in [-0.25, -0.2) is 8.42 Å². The number of sulfone groups is 1. The first-order valence-corrected chi connectivity index (χ1v) is 10.9. The van der Waals surface area contributed by atoms with E-state index in [2.05, 4.69) is 15.5 Å². The van der Waals surface area contributed by atoms with Crippen LogP contribution in [0.25, 0.3) is 5.69 Å². The number of aromatic nitrogens is 4. The minimum Gasteiger partial charge on any atom is -0.494 e. The molecule has 0 bridgehead atoms. The minimum atomic E-state index is -3.38. The van der Waals surface area contributed by atoms with Crippen LogP contribution in [-0.2, 0) is 9.84 Å². The summed E-state index contributed by atoms with van der Waals surface area (Å²) in [6, 6.07) is 12.8. The Morgan fingerprint density at radius 2 is 1.93 bits per heavy atom. The first kappa shape index (κ1) is 19.4.